The Morgan fingerprint density at radius 1 is 0.750 bits per heavy atom. The Morgan fingerprint density at radius 3 is 2.05 bits per heavy atom. The third-order valence-corrected chi connectivity index (χ3v) is 6.47. The second kappa shape index (κ2) is 13.8. The number of hydrogen-bond donors (Lipinski definition) is 3. The predicted octanol–water partition coefficient (Wildman–Crippen LogP) is 5.70. The van der Waals surface area contributed by atoms with E-state index in [4.69, 9.17) is 0 Å². The summed E-state index contributed by atoms with van der Waals surface area (Å²) in [6.07, 6.45) is 1.69. The monoisotopic (exact) mass is 532 g/mol. The number of nitrogens with one attached hydrogen (secondary N) is 2. The van der Waals surface area contributed by atoms with Crippen molar-refractivity contribution < 1.29 is 19.5 Å². The van der Waals surface area contributed by atoms with Crippen molar-refractivity contribution in [3.63, 3.8) is 0 Å². The summed E-state index contributed by atoms with van der Waals surface area (Å²) >= 11 is 0. The van der Waals surface area contributed by atoms with Crippen molar-refractivity contribution in [2.24, 2.45) is 0 Å². The zero-order valence-corrected chi connectivity index (χ0v) is 22.3. The summed E-state index contributed by atoms with van der Waals surface area (Å²) < 4.78 is 0. The van der Waals surface area contributed by atoms with E-state index in [2.05, 4.69) is 16.7 Å². The second-order valence-corrected chi connectivity index (χ2v) is 9.59. The Labute approximate surface area is 234 Å². The number of carbonyl (C=O) groups is 3. The van der Waals surface area contributed by atoms with Gasteiger partial charge in [-0.2, -0.15) is 0 Å². The van der Waals surface area contributed by atoms with Gasteiger partial charge in [-0.25, -0.2) is 4.79 Å². The lowest BCUT2D eigenvalue weighted by Gasteiger charge is -2.16. The molecule has 0 aromatic heterocycles. The molecule has 0 aliphatic rings. The fourth-order valence-electron chi connectivity index (χ4n) is 4.38. The molecule has 202 valence electrons. The van der Waals surface area contributed by atoms with E-state index in [9.17, 15) is 19.5 Å². The topological polar surface area (TPSA) is 95.5 Å². The maximum absolute atomic E-state index is 12.4. The highest BCUT2D eigenvalue weighted by Crippen LogP contribution is 2.22. The van der Waals surface area contributed by atoms with Crippen molar-refractivity contribution in [1.29, 1.82) is 0 Å². The zero-order chi connectivity index (χ0) is 28.3. The van der Waals surface area contributed by atoms with Crippen molar-refractivity contribution >= 4 is 17.5 Å². The molecule has 0 radical (unpaired) electrons. The lowest BCUT2D eigenvalue weighted by Crippen LogP contribution is -2.37. The van der Waals surface area contributed by atoms with E-state index >= 15 is 0 Å². The highest BCUT2D eigenvalue weighted by molar-refractivity contribution is 6.04. The van der Waals surface area contributed by atoms with Crippen LogP contribution in [0.3, 0.4) is 0 Å². The summed E-state index contributed by atoms with van der Waals surface area (Å²) in [5, 5.41) is 16.0. The summed E-state index contributed by atoms with van der Waals surface area (Å²) in [6, 6.07) is 33.1. The van der Waals surface area contributed by atoms with Gasteiger partial charge in [-0.1, -0.05) is 103 Å². The third kappa shape index (κ3) is 8.09. The molecule has 0 saturated carbocycles. The van der Waals surface area contributed by atoms with Crippen LogP contribution in [0, 0.1) is 0 Å². The number of carboxylic acids is 1. The predicted molar refractivity (Wildman–Crippen MR) is 157 cm³/mol. The number of carboxylic acid groups (broad SMARTS) is 1. The van der Waals surface area contributed by atoms with Crippen LogP contribution >= 0.6 is 0 Å². The Balaban J connectivity index is 1.35. The van der Waals surface area contributed by atoms with Crippen LogP contribution in [0.15, 0.2) is 121 Å². The molecule has 1 atom stereocenters. The third-order valence-electron chi connectivity index (χ3n) is 6.47. The first kappa shape index (κ1) is 28.2. The molecule has 40 heavy (non-hydrogen) atoms. The van der Waals surface area contributed by atoms with Gasteiger partial charge in [-0.15, -0.1) is 0 Å². The lowest BCUT2D eigenvalue weighted by atomic mass is 9.99. The van der Waals surface area contributed by atoms with E-state index in [-0.39, 0.29) is 24.5 Å². The zero-order valence-electron chi connectivity index (χ0n) is 22.3. The smallest absolute Gasteiger partial charge is 0.326 e. The summed E-state index contributed by atoms with van der Waals surface area (Å²) in [5.41, 5.74) is 5.70. The first-order valence-corrected chi connectivity index (χ1v) is 13.1. The molecule has 0 aliphatic carbocycles. The van der Waals surface area contributed by atoms with Crippen molar-refractivity contribution in [3.8, 4) is 11.1 Å². The van der Waals surface area contributed by atoms with Crippen LogP contribution in [-0.2, 0) is 17.8 Å². The molecular weight excluding hydrogens is 500 g/mol. The van der Waals surface area contributed by atoms with Gasteiger partial charge in [0.25, 0.3) is 0 Å². The van der Waals surface area contributed by atoms with Gasteiger partial charge in [0.2, 0.25) is 0 Å². The average molecular weight is 533 g/mol. The molecule has 0 amide bonds. The molecule has 4 rings (SSSR count). The molecule has 3 N–H and O–H groups in total. The summed E-state index contributed by atoms with van der Waals surface area (Å²) in [5.74, 6) is -1.12. The van der Waals surface area contributed by atoms with Gasteiger partial charge in [0.05, 0.1) is 6.54 Å². The molecule has 4 aromatic carbocycles. The van der Waals surface area contributed by atoms with Crippen LogP contribution in [0.2, 0.25) is 0 Å². The SMILES string of the molecule is C/C(=C/C(=O)c1ccccc1)N[C@@H](Cc1ccc(-c2cccc(CNCC(=O)c3ccccc3)c2)cc1)C(=O)O. The largest absolute Gasteiger partial charge is 0.480 e. The summed E-state index contributed by atoms with van der Waals surface area (Å²) in [4.78, 5) is 36.7. The van der Waals surface area contributed by atoms with Crippen molar-refractivity contribution in [1.82, 2.24) is 10.6 Å². The van der Waals surface area contributed by atoms with Crippen LogP contribution in [-0.4, -0.2) is 35.2 Å². The van der Waals surface area contributed by atoms with Gasteiger partial charge in [0, 0.05) is 35.9 Å². The number of Topliss-reactive ketones (excluding diaryl/α,β-unsaturated/α-hetero) is 1. The minimum atomic E-state index is -0.991. The molecule has 0 fully saturated rings. The van der Waals surface area contributed by atoms with E-state index in [1.54, 1.807) is 31.2 Å². The van der Waals surface area contributed by atoms with Crippen LogP contribution < -0.4 is 10.6 Å². The number of hydrogen-bond acceptors (Lipinski definition) is 5. The van der Waals surface area contributed by atoms with E-state index in [1.165, 1.54) is 6.08 Å². The fraction of sp³-hybridized carbons (Fsp3) is 0.147. The Kier molecular flexibility index (Phi) is 9.75. The number of benzene rings is 4. The van der Waals surface area contributed by atoms with E-state index in [0.29, 0.717) is 23.4 Å². The van der Waals surface area contributed by atoms with Gasteiger partial charge in [0.15, 0.2) is 11.6 Å². The van der Waals surface area contributed by atoms with E-state index in [0.717, 1.165) is 22.3 Å². The highest BCUT2D eigenvalue weighted by Gasteiger charge is 2.18. The minimum absolute atomic E-state index is 0.0509. The molecule has 6 nitrogen and oxygen atoms in total. The number of aliphatic carboxylic acids is 1. The Hall–Kier alpha value is -4.81. The van der Waals surface area contributed by atoms with Crippen LogP contribution in [0.25, 0.3) is 11.1 Å². The normalized spacial score (nSPS) is 12.0. The first-order valence-electron chi connectivity index (χ1n) is 13.1. The summed E-state index contributed by atoms with van der Waals surface area (Å²) in [7, 11) is 0. The van der Waals surface area contributed by atoms with E-state index < -0.39 is 12.0 Å². The molecule has 4 aromatic rings. The molecule has 0 saturated heterocycles. The van der Waals surface area contributed by atoms with Crippen molar-refractivity contribution in [2.45, 2.75) is 25.9 Å². The highest BCUT2D eigenvalue weighted by atomic mass is 16.4. The fourth-order valence-corrected chi connectivity index (χ4v) is 4.38. The molecule has 0 aliphatic heterocycles. The Bertz CT molecular complexity index is 1480. The van der Waals surface area contributed by atoms with Crippen molar-refractivity contribution in [2.75, 3.05) is 6.54 Å². The lowest BCUT2D eigenvalue weighted by molar-refractivity contribution is -0.139. The molecular formula is C34H32N2O4. The second-order valence-electron chi connectivity index (χ2n) is 9.59. The molecule has 0 heterocycles. The quantitative estimate of drug-likeness (QED) is 0.151. The minimum Gasteiger partial charge on any atom is -0.480 e. The number of carbonyl (C=O) groups excluding carboxylic acids is 2. The first-order chi connectivity index (χ1) is 19.4. The number of ketones is 2. The van der Waals surface area contributed by atoms with Gasteiger partial charge in [0.1, 0.15) is 6.04 Å². The van der Waals surface area contributed by atoms with Gasteiger partial charge < -0.3 is 15.7 Å². The Morgan fingerprint density at radius 2 is 1.40 bits per heavy atom. The van der Waals surface area contributed by atoms with Crippen LogP contribution in [0.1, 0.15) is 38.8 Å². The maximum Gasteiger partial charge on any atom is 0.326 e. The number of rotatable bonds is 13. The van der Waals surface area contributed by atoms with Crippen molar-refractivity contribution in [3.05, 3.63) is 143 Å². The molecule has 0 bridgehead atoms. The number of allylic oxidation sites excluding steroid dienone is 2. The van der Waals surface area contributed by atoms with Gasteiger partial charge >= 0.3 is 5.97 Å². The van der Waals surface area contributed by atoms with Gasteiger partial charge in [-0.05, 0) is 35.2 Å². The molecule has 6 heteroatoms. The average Bonchev–Trinajstić information content (AvgIpc) is 2.98. The molecule has 0 spiro atoms. The maximum atomic E-state index is 12.4. The van der Waals surface area contributed by atoms with Crippen LogP contribution in [0.5, 0.6) is 0 Å². The molecule has 0 unspecified atom stereocenters. The standard InChI is InChI=1S/C34H32N2O4/c1-24(19-32(37)28-10-4-2-5-11-28)36-31(34(39)40)21-25-15-17-27(18-16-25)30-14-8-9-26(20-30)22-35-23-33(38)29-12-6-3-7-13-29/h2-20,31,35-36H,21-23H2,1H3,(H,39,40)/b24-19-/t31-/m0/s1. The summed E-state index contributed by atoms with van der Waals surface area (Å²) in [6.45, 7) is 2.52. The van der Waals surface area contributed by atoms with Gasteiger partial charge in [-0.3, -0.25) is 9.59 Å². The van der Waals surface area contributed by atoms with Crippen LogP contribution in [0.4, 0.5) is 0 Å². The van der Waals surface area contributed by atoms with E-state index in [1.807, 2.05) is 78.9 Å².